The molecule has 0 N–H and O–H groups in total. The average Bonchev–Trinajstić information content (AvgIpc) is 3.54. The number of anilines is 6. The lowest BCUT2D eigenvalue weighted by Crippen LogP contribution is -2.49. The molecule has 4 saturated carbocycles. The number of benzene rings is 6. The zero-order valence-corrected chi connectivity index (χ0v) is 44.3. The first-order valence-electron chi connectivity index (χ1n) is 28.5. The van der Waals surface area contributed by atoms with Gasteiger partial charge >= 0.3 is 0 Å². The van der Waals surface area contributed by atoms with E-state index >= 15 is 35.1 Å². The summed E-state index contributed by atoms with van der Waals surface area (Å²) in [4.78, 5) is 2.51. The third kappa shape index (κ3) is 7.28. The Hall–Kier alpha value is -5.64. The predicted octanol–water partition coefficient (Wildman–Crippen LogP) is 20.2. The Bertz CT molecular complexity index is 2840. The van der Waals surface area contributed by atoms with Gasteiger partial charge in [0.05, 0.1) is 33.9 Å². The first-order valence-corrected chi connectivity index (χ1v) is 28.5. The molecule has 12 rings (SSSR count). The standard InChI is InChI=1S/C66H68F8N2/c1-37-21-17-33-45-59(37)75(60-38(2)22-18-34-46(60)65(45,41-25-9-5-10-26-41)42-27-11-6-12-28-42)63-55(71)51(67)49(52(68)56(63)72)50-53(69)57(73)64(58(74)54(50)70)76-61-39(3)23-19-35-47(61)66(43-29-13-7-14-30-43,44-31-15-8-16-32-44)48-36-20-24-40(4)62(48)76/h17-24,33-36,41-44H,5-16,25-32H2,1-4H3. The van der Waals surface area contributed by atoms with Crippen LogP contribution < -0.4 is 9.80 Å². The Morgan fingerprint density at radius 1 is 0.289 bits per heavy atom. The van der Waals surface area contributed by atoms with Crippen LogP contribution in [0.4, 0.5) is 69.2 Å². The van der Waals surface area contributed by atoms with E-state index in [2.05, 4.69) is 0 Å². The highest BCUT2D eigenvalue weighted by atomic mass is 19.2. The molecule has 2 heterocycles. The lowest BCUT2D eigenvalue weighted by Gasteiger charge is -2.55. The van der Waals surface area contributed by atoms with E-state index in [9.17, 15) is 0 Å². The van der Waals surface area contributed by atoms with Crippen molar-refractivity contribution in [2.24, 2.45) is 23.7 Å². The van der Waals surface area contributed by atoms with Crippen molar-refractivity contribution in [3.05, 3.63) is 164 Å². The van der Waals surface area contributed by atoms with E-state index in [1.54, 1.807) is 0 Å². The highest BCUT2D eigenvalue weighted by Gasteiger charge is 2.57. The van der Waals surface area contributed by atoms with E-state index in [-0.39, 0.29) is 23.7 Å². The third-order valence-electron chi connectivity index (χ3n) is 19.8. The lowest BCUT2D eigenvalue weighted by molar-refractivity contribution is 0.133. The molecule has 10 heteroatoms. The maximum atomic E-state index is 17.7. The van der Waals surface area contributed by atoms with Gasteiger partial charge in [-0.15, -0.1) is 0 Å². The molecule has 0 atom stereocenters. The Kier molecular flexibility index (Phi) is 13.2. The zero-order valence-electron chi connectivity index (χ0n) is 44.3. The number of hydrogen-bond acceptors (Lipinski definition) is 2. The van der Waals surface area contributed by atoms with Gasteiger partial charge in [0.15, 0.2) is 46.5 Å². The van der Waals surface area contributed by atoms with Crippen LogP contribution >= 0.6 is 0 Å². The fourth-order valence-electron chi connectivity index (χ4n) is 16.8. The van der Waals surface area contributed by atoms with E-state index in [1.807, 2.05) is 100 Å². The molecule has 398 valence electrons. The number of rotatable bonds is 7. The number of halogens is 8. The summed E-state index contributed by atoms with van der Waals surface area (Å²) in [5, 5.41) is 0. The first-order chi connectivity index (χ1) is 36.8. The number of aryl methyl sites for hydroxylation is 4. The first kappa shape index (κ1) is 51.1. The van der Waals surface area contributed by atoms with Gasteiger partial charge in [0.2, 0.25) is 0 Å². The van der Waals surface area contributed by atoms with Crippen molar-refractivity contribution < 1.29 is 35.1 Å². The maximum Gasteiger partial charge on any atom is 0.186 e. The number of para-hydroxylation sites is 4. The molecule has 4 fully saturated rings. The van der Waals surface area contributed by atoms with Crippen molar-refractivity contribution >= 4 is 34.1 Å². The maximum absolute atomic E-state index is 17.7. The van der Waals surface area contributed by atoms with Crippen molar-refractivity contribution in [1.29, 1.82) is 0 Å². The minimum absolute atomic E-state index is 0.174. The summed E-state index contributed by atoms with van der Waals surface area (Å²) >= 11 is 0. The van der Waals surface area contributed by atoms with Gasteiger partial charge in [0.25, 0.3) is 0 Å². The van der Waals surface area contributed by atoms with E-state index in [0.29, 0.717) is 45.0 Å². The Balaban J connectivity index is 1.05. The Morgan fingerprint density at radius 2 is 0.500 bits per heavy atom. The van der Waals surface area contributed by atoms with Crippen LogP contribution in [0.25, 0.3) is 11.1 Å². The van der Waals surface area contributed by atoms with Gasteiger partial charge in [-0.25, -0.2) is 35.1 Å². The summed E-state index contributed by atoms with van der Waals surface area (Å²) in [7, 11) is 0. The third-order valence-corrected chi connectivity index (χ3v) is 19.8. The fourth-order valence-corrected chi connectivity index (χ4v) is 16.8. The van der Waals surface area contributed by atoms with Gasteiger partial charge in [-0.2, -0.15) is 0 Å². The van der Waals surface area contributed by atoms with Crippen molar-refractivity contribution in [3.63, 3.8) is 0 Å². The van der Waals surface area contributed by atoms with Gasteiger partial charge in [-0.3, -0.25) is 0 Å². The van der Waals surface area contributed by atoms with E-state index in [0.717, 1.165) is 151 Å². The van der Waals surface area contributed by atoms with Crippen LogP contribution in [0.1, 0.15) is 173 Å². The molecule has 0 amide bonds. The fraction of sp³-hybridized carbons (Fsp3) is 0.455. The molecule has 0 saturated heterocycles. The number of nitrogens with zero attached hydrogens (tertiary/aromatic N) is 2. The minimum Gasteiger partial charge on any atom is -0.304 e. The van der Waals surface area contributed by atoms with E-state index < -0.39 is 79.9 Å². The summed E-state index contributed by atoms with van der Waals surface area (Å²) in [5.41, 5.74) is 0.189. The van der Waals surface area contributed by atoms with Gasteiger partial charge < -0.3 is 9.80 Å². The van der Waals surface area contributed by atoms with Gasteiger partial charge in [-0.05, 0) is 147 Å². The summed E-state index contributed by atoms with van der Waals surface area (Å²) < 4.78 is 141. The molecule has 2 aliphatic heterocycles. The van der Waals surface area contributed by atoms with Crippen LogP contribution in [0.3, 0.4) is 0 Å². The molecule has 6 aliphatic rings. The Morgan fingerprint density at radius 3 is 0.711 bits per heavy atom. The zero-order chi connectivity index (χ0) is 52.9. The van der Waals surface area contributed by atoms with Gasteiger partial charge in [0.1, 0.15) is 11.4 Å². The molecule has 6 aromatic rings. The van der Waals surface area contributed by atoms with Gasteiger partial charge in [-0.1, -0.05) is 150 Å². The summed E-state index contributed by atoms with van der Waals surface area (Å²) in [6.07, 6.45) is 20.2. The van der Waals surface area contributed by atoms with Crippen LogP contribution in [0.15, 0.2) is 72.8 Å². The van der Waals surface area contributed by atoms with Crippen molar-refractivity contribution in [2.75, 3.05) is 9.80 Å². The SMILES string of the molecule is Cc1cccc2c1N(c1c(F)c(F)c(-c3c(F)c(F)c(N4c5c(C)cccc5C(C5CCCCC5)(C5CCCCC5)c5cccc(C)c54)c(F)c3F)c(F)c1F)c1c(C)cccc1C2(C1CCCCC1)C1CCCCC1. The molecule has 6 aromatic carbocycles. The van der Waals surface area contributed by atoms with Gasteiger partial charge in [0, 0.05) is 10.8 Å². The normalized spacial score (nSPS) is 20.1. The topological polar surface area (TPSA) is 6.48 Å². The average molecular weight is 1040 g/mol. The Labute approximate surface area is 442 Å². The van der Waals surface area contributed by atoms with Crippen LogP contribution in [0, 0.1) is 97.9 Å². The van der Waals surface area contributed by atoms with Crippen LogP contribution in [0.5, 0.6) is 0 Å². The molecule has 4 aliphatic carbocycles. The summed E-state index contributed by atoms with van der Waals surface area (Å²) in [6.45, 7) is 7.24. The van der Waals surface area contributed by atoms with Crippen LogP contribution in [-0.2, 0) is 10.8 Å². The van der Waals surface area contributed by atoms with Crippen molar-refractivity contribution in [1.82, 2.24) is 0 Å². The van der Waals surface area contributed by atoms with E-state index in [4.69, 9.17) is 0 Å². The summed E-state index contributed by atoms with van der Waals surface area (Å²) in [6, 6.07) is 22.9. The molecule has 0 bridgehead atoms. The highest BCUT2D eigenvalue weighted by molar-refractivity contribution is 5.93. The molecule has 76 heavy (non-hydrogen) atoms. The van der Waals surface area contributed by atoms with Crippen molar-refractivity contribution in [2.45, 2.75) is 167 Å². The second-order valence-corrected chi connectivity index (χ2v) is 23.6. The quantitative estimate of drug-likeness (QED) is 0.116. The lowest BCUT2D eigenvalue weighted by atomic mass is 9.51. The van der Waals surface area contributed by atoms with Crippen molar-refractivity contribution in [3.8, 4) is 11.1 Å². The minimum atomic E-state index is -2.18. The van der Waals surface area contributed by atoms with Crippen LogP contribution in [0.2, 0.25) is 0 Å². The summed E-state index contributed by atoms with van der Waals surface area (Å²) in [5.74, 6) is -15.8. The predicted molar refractivity (Wildman–Crippen MR) is 288 cm³/mol. The molecule has 2 nitrogen and oxygen atoms in total. The second kappa shape index (κ2) is 19.7. The molecule has 0 radical (unpaired) electrons. The molecular formula is C66H68F8N2. The number of fused-ring (bicyclic) bond motifs is 4. The second-order valence-electron chi connectivity index (χ2n) is 23.6. The van der Waals surface area contributed by atoms with Crippen LogP contribution in [-0.4, -0.2) is 0 Å². The molecular weight excluding hydrogens is 973 g/mol. The molecule has 0 unspecified atom stereocenters. The molecule has 0 spiro atoms. The highest BCUT2D eigenvalue weighted by Crippen LogP contribution is 2.67. The molecule has 0 aromatic heterocycles. The number of hydrogen-bond donors (Lipinski definition) is 0. The largest absolute Gasteiger partial charge is 0.304 e. The monoisotopic (exact) mass is 1040 g/mol. The smallest absolute Gasteiger partial charge is 0.186 e. The van der Waals surface area contributed by atoms with E-state index in [1.165, 1.54) is 9.80 Å².